The molecule has 0 spiro atoms. The molecule has 0 saturated carbocycles. The van der Waals surface area contributed by atoms with Crippen molar-refractivity contribution in [3.63, 3.8) is 0 Å². The number of oxime groups is 1. The minimum absolute atomic E-state index is 0.196. The van der Waals surface area contributed by atoms with Crippen molar-refractivity contribution in [2.45, 2.75) is 32.0 Å². The molecule has 2 aliphatic rings. The van der Waals surface area contributed by atoms with E-state index in [1.165, 1.54) is 11.3 Å². The highest BCUT2D eigenvalue weighted by Crippen LogP contribution is 2.28. The molecule has 0 radical (unpaired) electrons. The van der Waals surface area contributed by atoms with Crippen LogP contribution < -0.4 is 10.8 Å². The molecule has 146 valence electrons. The van der Waals surface area contributed by atoms with E-state index in [9.17, 15) is 9.59 Å². The lowest BCUT2D eigenvalue weighted by molar-refractivity contribution is 0.0711. The number of hydrogen-bond donors (Lipinski definition) is 3. The van der Waals surface area contributed by atoms with Crippen LogP contribution in [0.5, 0.6) is 0 Å². The van der Waals surface area contributed by atoms with E-state index in [0.717, 1.165) is 16.0 Å². The molecule has 0 fully saturated rings. The summed E-state index contributed by atoms with van der Waals surface area (Å²) in [7, 11) is 0. The molecule has 9 heteroatoms. The highest BCUT2D eigenvalue weighted by Gasteiger charge is 2.35. The van der Waals surface area contributed by atoms with E-state index in [1.807, 2.05) is 37.3 Å². The summed E-state index contributed by atoms with van der Waals surface area (Å²) in [6, 6.07) is 10.9. The lowest BCUT2D eigenvalue weighted by Gasteiger charge is -2.29. The molecule has 0 bridgehead atoms. The Morgan fingerprint density at radius 1 is 1.32 bits per heavy atom. The first-order valence-electron chi connectivity index (χ1n) is 8.97. The molecule has 0 saturated heterocycles. The number of urea groups is 1. The molecule has 1 aromatic heterocycles. The highest BCUT2D eigenvalue weighted by molar-refractivity contribution is 7.14. The molecule has 2 aliphatic heterocycles. The fourth-order valence-electron chi connectivity index (χ4n) is 3.39. The molecule has 2 unspecified atom stereocenters. The van der Waals surface area contributed by atoms with Gasteiger partial charge in [0.2, 0.25) is 0 Å². The fourth-order valence-corrected chi connectivity index (χ4v) is 4.51. The van der Waals surface area contributed by atoms with Crippen LogP contribution >= 0.6 is 11.3 Å². The maximum atomic E-state index is 12.9. The van der Waals surface area contributed by atoms with Gasteiger partial charge in [-0.15, -0.1) is 11.3 Å². The number of benzene rings is 1. The molecule has 2 aromatic rings. The number of hydroxylamine groups is 1. The zero-order valence-corrected chi connectivity index (χ0v) is 16.0. The van der Waals surface area contributed by atoms with Gasteiger partial charge in [-0.05, 0) is 25.0 Å². The van der Waals surface area contributed by atoms with E-state index in [4.69, 9.17) is 10.0 Å². The Hall–Kier alpha value is -2.91. The summed E-state index contributed by atoms with van der Waals surface area (Å²) in [5.41, 5.74) is 4.31. The predicted octanol–water partition coefficient (Wildman–Crippen LogP) is 2.13. The maximum Gasteiger partial charge on any atom is 0.318 e. The molecule has 0 aliphatic carbocycles. The molecular weight excluding hydrogens is 380 g/mol. The summed E-state index contributed by atoms with van der Waals surface area (Å²) < 4.78 is 0. The second kappa shape index (κ2) is 7.61. The Labute approximate surface area is 165 Å². The Morgan fingerprint density at radius 3 is 2.86 bits per heavy atom. The summed E-state index contributed by atoms with van der Waals surface area (Å²) in [4.78, 5) is 33.0. The van der Waals surface area contributed by atoms with Gasteiger partial charge in [0, 0.05) is 17.0 Å². The van der Waals surface area contributed by atoms with Crippen LogP contribution in [0.1, 0.15) is 32.6 Å². The minimum atomic E-state index is -0.531. The quantitative estimate of drug-likeness (QED) is 0.542. The lowest BCUT2D eigenvalue weighted by atomic mass is 10.0. The van der Waals surface area contributed by atoms with Crippen molar-refractivity contribution in [3.05, 3.63) is 57.3 Å². The number of rotatable bonds is 3. The third-order valence-corrected chi connectivity index (χ3v) is 6.09. The van der Waals surface area contributed by atoms with Gasteiger partial charge < -0.3 is 15.1 Å². The largest absolute Gasteiger partial charge is 0.390 e. The Morgan fingerprint density at radius 2 is 2.11 bits per heavy atom. The van der Waals surface area contributed by atoms with Gasteiger partial charge in [-0.25, -0.2) is 10.3 Å². The van der Waals surface area contributed by atoms with Gasteiger partial charge in [-0.2, -0.15) is 0 Å². The Kier molecular flexibility index (Phi) is 5.01. The number of amides is 3. The Balaban J connectivity index is 1.46. The van der Waals surface area contributed by atoms with Gasteiger partial charge in [0.25, 0.3) is 5.91 Å². The van der Waals surface area contributed by atoms with Gasteiger partial charge in [0.15, 0.2) is 6.10 Å². The topological polar surface area (TPSA) is 103 Å². The first kappa shape index (κ1) is 18.5. The van der Waals surface area contributed by atoms with Crippen molar-refractivity contribution < 1.29 is 19.6 Å². The van der Waals surface area contributed by atoms with Crippen molar-refractivity contribution >= 4 is 29.0 Å². The highest BCUT2D eigenvalue weighted by atomic mass is 32.1. The first-order valence-corrected chi connectivity index (χ1v) is 9.79. The number of nitrogens with zero attached hydrogens (tertiary/aromatic N) is 2. The van der Waals surface area contributed by atoms with Crippen LogP contribution in [-0.2, 0) is 17.8 Å². The summed E-state index contributed by atoms with van der Waals surface area (Å²) in [6.45, 7) is 2.84. The van der Waals surface area contributed by atoms with E-state index >= 15 is 0 Å². The molecule has 3 amide bonds. The van der Waals surface area contributed by atoms with Crippen LogP contribution in [0.3, 0.4) is 0 Å². The number of carbonyl (C=O) groups excluding carboxylic acids is 2. The van der Waals surface area contributed by atoms with Crippen molar-refractivity contribution in [2.24, 2.45) is 5.16 Å². The van der Waals surface area contributed by atoms with E-state index in [-0.39, 0.29) is 18.2 Å². The van der Waals surface area contributed by atoms with Crippen molar-refractivity contribution in [2.75, 3.05) is 6.54 Å². The van der Waals surface area contributed by atoms with Crippen LogP contribution in [0.15, 0.2) is 41.6 Å². The second-order valence-electron chi connectivity index (χ2n) is 6.75. The van der Waals surface area contributed by atoms with E-state index < -0.39 is 5.91 Å². The monoisotopic (exact) mass is 400 g/mol. The van der Waals surface area contributed by atoms with Crippen LogP contribution in [-0.4, -0.2) is 46.4 Å². The van der Waals surface area contributed by atoms with Gasteiger partial charge >= 0.3 is 6.03 Å². The standard InChI is InChI=1S/C19H20N4O4S/c1-11-16(17(22-27-11)12-5-3-2-4-6-12)20-19(25)23-8-7-13-9-14(18(24)21-26)28-15(13)10-23/h2-6,9,11,16,26H,7-8,10H2,1H3,(H,20,25)(H,21,24). The zero-order valence-electron chi connectivity index (χ0n) is 15.2. The number of thiophene rings is 1. The average Bonchev–Trinajstić information content (AvgIpc) is 3.31. The van der Waals surface area contributed by atoms with Gasteiger partial charge in [-0.3, -0.25) is 10.0 Å². The molecule has 4 rings (SSSR count). The smallest absolute Gasteiger partial charge is 0.318 e. The normalized spacial score (nSPS) is 20.8. The molecular formula is C19H20N4O4S. The Bertz CT molecular complexity index is 927. The van der Waals surface area contributed by atoms with Gasteiger partial charge in [-0.1, -0.05) is 35.5 Å². The predicted molar refractivity (Wildman–Crippen MR) is 104 cm³/mol. The second-order valence-corrected chi connectivity index (χ2v) is 7.89. The zero-order chi connectivity index (χ0) is 19.7. The lowest BCUT2D eigenvalue weighted by Crippen LogP contribution is -2.51. The molecule has 28 heavy (non-hydrogen) atoms. The third-order valence-electron chi connectivity index (χ3n) is 4.92. The van der Waals surface area contributed by atoms with Crippen molar-refractivity contribution in [3.8, 4) is 0 Å². The molecule has 3 heterocycles. The van der Waals surface area contributed by atoms with Crippen molar-refractivity contribution in [1.29, 1.82) is 0 Å². The third kappa shape index (κ3) is 3.46. The molecule has 1 aromatic carbocycles. The van der Waals surface area contributed by atoms with Crippen molar-refractivity contribution in [1.82, 2.24) is 15.7 Å². The summed E-state index contributed by atoms with van der Waals surface area (Å²) >= 11 is 1.29. The summed E-state index contributed by atoms with van der Waals surface area (Å²) in [5.74, 6) is -0.531. The van der Waals surface area contributed by atoms with Gasteiger partial charge in [0.05, 0.1) is 11.4 Å². The molecule has 3 N–H and O–H groups in total. The van der Waals surface area contributed by atoms with Crippen LogP contribution in [0.4, 0.5) is 4.79 Å². The fraction of sp³-hybridized carbons (Fsp3) is 0.316. The van der Waals surface area contributed by atoms with Crippen LogP contribution in [0.25, 0.3) is 0 Å². The first-order chi connectivity index (χ1) is 13.6. The average molecular weight is 400 g/mol. The number of carbonyl (C=O) groups is 2. The number of hydrogen-bond acceptors (Lipinski definition) is 6. The van der Waals surface area contributed by atoms with E-state index in [0.29, 0.717) is 30.1 Å². The van der Waals surface area contributed by atoms with Crippen LogP contribution in [0, 0.1) is 0 Å². The minimum Gasteiger partial charge on any atom is -0.390 e. The maximum absolute atomic E-state index is 12.9. The number of nitrogens with one attached hydrogen (secondary N) is 2. The van der Waals surface area contributed by atoms with E-state index in [1.54, 1.807) is 16.4 Å². The van der Waals surface area contributed by atoms with Gasteiger partial charge in [0.1, 0.15) is 11.8 Å². The molecule has 8 nitrogen and oxygen atoms in total. The summed E-state index contributed by atoms with van der Waals surface area (Å²) in [6.07, 6.45) is 0.398. The SMILES string of the molecule is CC1ON=C(c2ccccc2)C1NC(=O)N1CCc2cc(C(=O)NO)sc2C1. The molecule has 2 atom stereocenters. The van der Waals surface area contributed by atoms with Crippen LogP contribution in [0.2, 0.25) is 0 Å². The summed E-state index contributed by atoms with van der Waals surface area (Å²) in [5, 5.41) is 16.0. The van der Waals surface area contributed by atoms with E-state index in [2.05, 4.69) is 10.5 Å². The number of fused-ring (bicyclic) bond motifs is 1.